The molecule has 0 bridgehead atoms. The summed E-state index contributed by atoms with van der Waals surface area (Å²) in [7, 11) is 0. The van der Waals surface area contributed by atoms with Gasteiger partial charge >= 0.3 is 0 Å². The van der Waals surface area contributed by atoms with E-state index in [2.05, 4.69) is 25.6 Å². The van der Waals surface area contributed by atoms with Crippen LogP contribution in [0.3, 0.4) is 0 Å². The molecule has 0 spiro atoms. The van der Waals surface area contributed by atoms with E-state index in [9.17, 15) is 4.79 Å². The van der Waals surface area contributed by atoms with E-state index in [1.54, 1.807) is 16.9 Å². The predicted molar refractivity (Wildman–Crippen MR) is 130 cm³/mol. The van der Waals surface area contributed by atoms with Gasteiger partial charge in [0.2, 0.25) is 0 Å². The zero-order valence-corrected chi connectivity index (χ0v) is 19.6. The van der Waals surface area contributed by atoms with Crippen molar-refractivity contribution in [3.05, 3.63) is 83.2 Å². The van der Waals surface area contributed by atoms with Crippen LogP contribution in [0.25, 0.3) is 16.9 Å². The summed E-state index contributed by atoms with van der Waals surface area (Å²) in [4.78, 5) is 17.6. The number of aryl methyl sites for hydroxylation is 4. The number of amides is 1. The van der Waals surface area contributed by atoms with Crippen molar-refractivity contribution in [1.82, 2.24) is 34.2 Å². The highest BCUT2D eigenvalue weighted by Crippen LogP contribution is 2.24. The first kappa shape index (κ1) is 21.6. The molecule has 1 N–H and O–H groups in total. The maximum absolute atomic E-state index is 13.1. The van der Waals surface area contributed by atoms with Crippen LogP contribution in [0.5, 0.6) is 0 Å². The van der Waals surface area contributed by atoms with Crippen LogP contribution in [-0.4, -0.2) is 40.1 Å². The minimum atomic E-state index is -0.260. The molecule has 34 heavy (non-hydrogen) atoms. The summed E-state index contributed by atoms with van der Waals surface area (Å²) in [5, 5.41) is 16.5. The van der Waals surface area contributed by atoms with E-state index in [0.717, 1.165) is 40.4 Å². The first-order valence-corrected chi connectivity index (χ1v) is 11.2. The molecule has 0 atom stereocenters. The molecule has 1 amide bonds. The zero-order valence-electron chi connectivity index (χ0n) is 19.6. The van der Waals surface area contributed by atoms with E-state index in [4.69, 9.17) is 0 Å². The largest absolute Gasteiger partial charge is 0.322 e. The van der Waals surface area contributed by atoms with Gasteiger partial charge in [-0.15, -0.1) is 0 Å². The lowest BCUT2D eigenvalue weighted by Gasteiger charge is -2.09. The van der Waals surface area contributed by atoms with Crippen LogP contribution in [0.15, 0.2) is 55.0 Å². The number of anilines is 1. The summed E-state index contributed by atoms with van der Waals surface area (Å²) >= 11 is 0. The van der Waals surface area contributed by atoms with E-state index in [0.29, 0.717) is 23.4 Å². The van der Waals surface area contributed by atoms with E-state index in [-0.39, 0.29) is 5.91 Å². The fraction of sp³-hybridized carbons (Fsp3) is 0.240. The Kier molecular flexibility index (Phi) is 5.45. The maximum Gasteiger partial charge on any atom is 0.261 e. The van der Waals surface area contributed by atoms with Crippen LogP contribution in [0, 0.1) is 20.8 Å². The Bertz CT molecular complexity index is 1510. The molecule has 172 valence electrons. The second kappa shape index (κ2) is 8.58. The van der Waals surface area contributed by atoms with Gasteiger partial charge in [-0.3, -0.25) is 14.2 Å². The summed E-state index contributed by atoms with van der Waals surface area (Å²) in [5.41, 5.74) is 7.44. The predicted octanol–water partition coefficient (Wildman–Crippen LogP) is 4.04. The van der Waals surface area contributed by atoms with Crippen LogP contribution >= 0.6 is 0 Å². The van der Waals surface area contributed by atoms with Gasteiger partial charge in [0.1, 0.15) is 5.56 Å². The highest BCUT2D eigenvalue weighted by atomic mass is 16.1. The summed E-state index contributed by atoms with van der Waals surface area (Å²) < 4.78 is 5.53. The van der Waals surface area contributed by atoms with Gasteiger partial charge in [0.25, 0.3) is 5.91 Å². The smallest absolute Gasteiger partial charge is 0.261 e. The monoisotopic (exact) mass is 454 g/mol. The number of hydrogen-bond acceptors (Lipinski definition) is 5. The molecule has 0 unspecified atom stereocenters. The van der Waals surface area contributed by atoms with Gasteiger partial charge in [0, 0.05) is 35.9 Å². The van der Waals surface area contributed by atoms with Gasteiger partial charge in [-0.1, -0.05) is 12.1 Å². The number of carbonyl (C=O) groups excluding carboxylic acids is 1. The van der Waals surface area contributed by atoms with Gasteiger partial charge in [0.15, 0.2) is 5.65 Å². The van der Waals surface area contributed by atoms with Crippen molar-refractivity contribution < 1.29 is 4.79 Å². The van der Waals surface area contributed by atoms with Crippen LogP contribution in [0.1, 0.15) is 39.9 Å². The summed E-state index contributed by atoms with van der Waals surface area (Å²) in [5.74, 6) is -0.260. The molecular formula is C25H26N8O. The highest BCUT2D eigenvalue weighted by molar-refractivity contribution is 6.08. The summed E-state index contributed by atoms with van der Waals surface area (Å²) in [6, 6.07) is 11.7. The first-order chi connectivity index (χ1) is 16.4. The lowest BCUT2D eigenvalue weighted by Crippen LogP contribution is -2.12. The summed E-state index contributed by atoms with van der Waals surface area (Å²) in [6.45, 7) is 9.43. The van der Waals surface area contributed by atoms with Crippen LogP contribution < -0.4 is 5.32 Å². The number of hydrogen-bond donors (Lipinski definition) is 1. The molecule has 0 aliphatic carbocycles. The third kappa shape index (κ3) is 3.96. The number of benzene rings is 1. The molecule has 4 aromatic heterocycles. The van der Waals surface area contributed by atoms with Crippen LogP contribution in [0.2, 0.25) is 0 Å². The second-order valence-corrected chi connectivity index (χ2v) is 8.35. The minimum absolute atomic E-state index is 0.260. The normalized spacial score (nSPS) is 11.3. The molecule has 0 saturated heterocycles. The molecule has 0 aliphatic heterocycles. The average Bonchev–Trinajstić information content (AvgIpc) is 3.50. The van der Waals surface area contributed by atoms with Gasteiger partial charge in [0.05, 0.1) is 29.8 Å². The fourth-order valence-electron chi connectivity index (χ4n) is 4.14. The Morgan fingerprint density at radius 1 is 1.09 bits per heavy atom. The van der Waals surface area contributed by atoms with E-state index in [1.165, 1.54) is 0 Å². The number of nitrogens with one attached hydrogen (secondary N) is 1. The topological polar surface area (TPSA) is 94.9 Å². The number of fused-ring (bicyclic) bond motifs is 1. The summed E-state index contributed by atoms with van der Waals surface area (Å²) in [6.07, 6.45) is 5.24. The van der Waals surface area contributed by atoms with Crippen molar-refractivity contribution in [3.8, 4) is 11.3 Å². The van der Waals surface area contributed by atoms with Crippen molar-refractivity contribution >= 4 is 17.2 Å². The van der Waals surface area contributed by atoms with E-state index < -0.39 is 0 Å². The Morgan fingerprint density at radius 3 is 2.68 bits per heavy atom. The Labute approximate surface area is 197 Å². The van der Waals surface area contributed by atoms with Gasteiger partial charge in [-0.2, -0.15) is 15.3 Å². The van der Waals surface area contributed by atoms with Crippen LogP contribution in [0.4, 0.5) is 5.69 Å². The lowest BCUT2D eigenvalue weighted by molar-refractivity contribution is 0.102. The minimum Gasteiger partial charge on any atom is -0.322 e. The van der Waals surface area contributed by atoms with E-state index >= 15 is 0 Å². The SMILES string of the molecule is CCn1cc(-c2ccnc3c(C(=O)Nc4cccc(Cn5nc(C)cc5C)c4)cnn23)c(C)n1. The average molecular weight is 455 g/mol. The first-order valence-electron chi connectivity index (χ1n) is 11.2. The van der Waals surface area contributed by atoms with Crippen molar-refractivity contribution in [2.24, 2.45) is 0 Å². The van der Waals surface area contributed by atoms with Crippen molar-refractivity contribution in [2.75, 3.05) is 5.32 Å². The molecule has 9 nitrogen and oxygen atoms in total. The zero-order chi connectivity index (χ0) is 23.8. The molecule has 5 aromatic rings. The molecule has 0 radical (unpaired) electrons. The van der Waals surface area contributed by atoms with E-state index in [1.807, 2.05) is 79.7 Å². The van der Waals surface area contributed by atoms with Crippen molar-refractivity contribution in [3.63, 3.8) is 0 Å². The van der Waals surface area contributed by atoms with Gasteiger partial charge in [-0.25, -0.2) is 9.50 Å². The molecule has 0 saturated carbocycles. The molecule has 1 aromatic carbocycles. The maximum atomic E-state index is 13.1. The molecule has 0 fully saturated rings. The standard InChI is InChI=1S/C25H26N8O/c1-5-31-15-22(18(4)30-31)23-9-10-26-24-21(13-27-33(23)24)25(34)28-20-8-6-7-19(12-20)14-32-17(3)11-16(2)29-32/h6-13,15H,5,14H2,1-4H3,(H,28,34). The number of nitrogens with zero attached hydrogens (tertiary/aromatic N) is 7. The lowest BCUT2D eigenvalue weighted by atomic mass is 10.2. The van der Waals surface area contributed by atoms with Gasteiger partial charge in [-0.05, 0) is 57.5 Å². The Balaban J connectivity index is 1.41. The molecule has 0 aliphatic rings. The molecule has 9 heteroatoms. The van der Waals surface area contributed by atoms with Gasteiger partial charge < -0.3 is 5.32 Å². The fourth-order valence-corrected chi connectivity index (χ4v) is 4.14. The molecule has 4 heterocycles. The third-order valence-corrected chi connectivity index (χ3v) is 5.81. The number of carbonyl (C=O) groups is 1. The number of aromatic nitrogens is 7. The Morgan fingerprint density at radius 2 is 1.94 bits per heavy atom. The van der Waals surface area contributed by atoms with Crippen molar-refractivity contribution in [2.45, 2.75) is 40.8 Å². The quantitative estimate of drug-likeness (QED) is 0.418. The second-order valence-electron chi connectivity index (χ2n) is 8.35. The highest BCUT2D eigenvalue weighted by Gasteiger charge is 2.18. The molecule has 5 rings (SSSR count). The Hall–Kier alpha value is -4.27. The van der Waals surface area contributed by atoms with Crippen LogP contribution in [-0.2, 0) is 13.1 Å². The number of rotatable bonds is 6. The van der Waals surface area contributed by atoms with Crippen molar-refractivity contribution in [1.29, 1.82) is 0 Å². The third-order valence-electron chi connectivity index (χ3n) is 5.81. The molecular weight excluding hydrogens is 428 g/mol.